The minimum atomic E-state index is -0.792. The van der Waals surface area contributed by atoms with E-state index in [0.29, 0.717) is 11.8 Å². The molecule has 0 amide bonds. The minimum absolute atomic E-state index is 0.402. The van der Waals surface area contributed by atoms with Crippen molar-refractivity contribution >= 4 is 31.9 Å². The predicted octanol–water partition coefficient (Wildman–Crippen LogP) is 3.72. The summed E-state index contributed by atoms with van der Waals surface area (Å²) in [7, 11) is 0. The topological polar surface area (TPSA) is 0 Å². The molecule has 1 aromatic carbocycles. The first-order valence-corrected chi connectivity index (χ1v) is 5.58. The molecule has 1 rings (SSSR count). The molecule has 0 heterocycles. The van der Waals surface area contributed by atoms with E-state index in [1.54, 1.807) is 0 Å². The fraction of sp³-hybridized carbons (Fsp3) is 0.333. The molecule has 1 aromatic rings. The first kappa shape index (κ1) is 10.2. The van der Waals surface area contributed by atoms with E-state index in [4.69, 9.17) is 0 Å². The van der Waals surface area contributed by atoms with Gasteiger partial charge in [-0.15, -0.1) is 0 Å². The van der Waals surface area contributed by atoms with E-state index in [2.05, 4.69) is 31.9 Å². The van der Waals surface area contributed by atoms with Gasteiger partial charge < -0.3 is 0 Å². The minimum Gasteiger partial charge on any atom is -0.246 e. The maximum Gasteiger partial charge on any atom is 0.114 e. The van der Waals surface area contributed by atoms with Crippen LogP contribution in [0, 0.1) is 0 Å². The summed E-state index contributed by atoms with van der Waals surface area (Å²) in [6, 6.07) is 7.72. The first-order valence-electron chi connectivity index (χ1n) is 3.67. The monoisotopic (exact) mass is 294 g/mol. The molecular formula is C9H9Br2F. The van der Waals surface area contributed by atoms with Crippen molar-refractivity contribution in [2.75, 3.05) is 5.33 Å². The summed E-state index contributed by atoms with van der Waals surface area (Å²) in [5, 5.41) is 0.402. The third-order valence-electron chi connectivity index (χ3n) is 1.51. The second-order valence-corrected chi connectivity index (χ2v) is 4.15. The lowest BCUT2D eigenvalue weighted by molar-refractivity contribution is 0.368. The summed E-state index contributed by atoms with van der Waals surface area (Å²) >= 11 is 6.44. The van der Waals surface area contributed by atoms with E-state index < -0.39 is 6.17 Å². The molecule has 12 heavy (non-hydrogen) atoms. The van der Waals surface area contributed by atoms with Crippen molar-refractivity contribution in [1.29, 1.82) is 0 Å². The Hall–Kier alpha value is 0.110. The molecule has 0 unspecified atom stereocenters. The molecule has 0 N–H and O–H groups in total. The zero-order chi connectivity index (χ0) is 8.97. The van der Waals surface area contributed by atoms with Gasteiger partial charge in [-0.05, 0) is 17.7 Å². The van der Waals surface area contributed by atoms with E-state index in [0.717, 1.165) is 10.0 Å². The Morgan fingerprint density at radius 2 is 2.17 bits per heavy atom. The Labute approximate surface area is 88.4 Å². The smallest absolute Gasteiger partial charge is 0.114 e. The van der Waals surface area contributed by atoms with Crippen LogP contribution in [0.1, 0.15) is 5.56 Å². The van der Waals surface area contributed by atoms with Gasteiger partial charge in [-0.3, -0.25) is 0 Å². The summed E-state index contributed by atoms with van der Waals surface area (Å²) < 4.78 is 13.9. The molecule has 66 valence electrons. The molecular weight excluding hydrogens is 287 g/mol. The van der Waals surface area contributed by atoms with Gasteiger partial charge in [0.25, 0.3) is 0 Å². The van der Waals surface area contributed by atoms with E-state index >= 15 is 0 Å². The van der Waals surface area contributed by atoms with Crippen LogP contribution in [0.2, 0.25) is 0 Å². The highest BCUT2D eigenvalue weighted by atomic mass is 79.9. The summed E-state index contributed by atoms with van der Waals surface area (Å²) in [4.78, 5) is 0. The van der Waals surface area contributed by atoms with Crippen LogP contribution in [0.4, 0.5) is 4.39 Å². The van der Waals surface area contributed by atoms with Gasteiger partial charge in [0.1, 0.15) is 6.17 Å². The lowest BCUT2D eigenvalue weighted by Crippen LogP contribution is -2.05. The molecule has 0 aliphatic heterocycles. The fourth-order valence-corrected chi connectivity index (χ4v) is 1.65. The predicted molar refractivity (Wildman–Crippen MR) is 56.5 cm³/mol. The van der Waals surface area contributed by atoms with Gasteiger partial charge in [0.15, 0.2) is 0 Å². The number of halogens is 3. The van der Waals surface area contributed by atoms with Crippen LogP contribution >= 0.6 is 31.9 Å². The first-order chi connectivity index (χ1) is 5.72. The van der Waals surface area contributed by atoms with Crippen molar-refractivity contribution in [1.82, 2.24) is 0 Å². The molecule has 0 radical (unpaired) electrons. The van der Waals surface area contributed by atoms with Gasteiger partial charge in [0.2, 0.25) is 0 Å². The summed E-state index contributed by atoms with van der Waals surface area (Å²) in [5.41, 5.74) is 1.02. The molecule has 3 heteroatoms. The third-order valence-corrected chi connectivity index (χ3v) is 2.71. The summed E-state index contributed by atoms with van der Waals surface area (Å²) in [6.07, 6.45) is -0.315. The quantitative estimate of drug-likeness (QED) is 0.746. The van der Waals surface area contributed by atoms with Crippen molar-refractivity contribution in [3.05, 3.63) is 34.3 Å². The molecule has 1 atom stereocenters. The maximum atomic E-state index is 12.9. The summed E-state index contributed by atoms with van der Waals surface area (Å²) in [5.74, 6) is 0. The largest absolute Gasteiger partial charge is 0.246 e. The summed E-state index contributed by atoms with van der Waals surface area (Å²) in [6.45, 7) is 0. The van der Waals surface area contributed by atoms with Crippen molar-refractivity contribution in [3.63, 3.8) is 0 Å². The average Bonchev–Trinajstić information content (AvgIpc) is 2.04. The second-order valence-electron chi connectivity index (χ2n) is 2.59. The lowest BCUT2D eigenvalue weighted by atomic mass is 10.1. The molecule has 0 aromatic heterocycles. The maximum absolute atomic E-state index is 12.9. The fourth-order valence-electron chi connectivity index (χ4n) is 0.974. The SMILES string of the molecule is F[C@@H](CBr)Cc1cccc(Br)c1. The molecule has 0 aliphatic carbocycles. The van der Waals surface area contributed by atoms with Crippen molar-refractivity contribution in [2.45, 2.75) is 12.6 Å². The van der Waals surface area contributed by atoms with Crippen molar-refractivity contribution in [2.24, 2.45) is 0 Å². The number of alkyl halides is 2. The molecule has 0 fully saturated rings. The average molecular weight is 296 g/mol. The standard InChI is InChI=1S/C9H9Br2F/c10-6-9(12)5-7-2-1-3-8(11)4-7/h1-4,9H,5-6H2/t9-/m1/s1. The van der Waals surface area contributed by atoms with Crippen LogP contribution in [-0.2, 0) is 6.42 Å². The van der Waals surface area contributed by atoms with Crippen LogP contribution < -0.4 is 0 Å². The van der Waals surface area contributed by atoms with Crippen molar-refractivity contribution in [3.8, 4) is 0 Å². The molecule has 0 spiro atoms. The van der Waals surface area contributed by atoms with Crippen LogP contribution in [0.15, 0.2) is 28.7 Å². The highest BCUT2D eigenvalue weighted by Gasteiger charge is 2.04. The molecule has 0 saturated heterocycles. The Balaban J connectivity index is 2.63. The van der Waals surface area contributed by atoms with Crippen LogP contribution in [0.25, 0.3) is 0 Å². The van der Waals surface area contributed by atoms with Gasteiger partial charge >= 0.3 is 0 Å². The van der Waals surface area contributed by atoms with E-state index in [1.807, 2.05) is 24.3 Å². The van der Waals surface area contributed by atoms with Gasteiger partial charge in [-0.25, -0.2) is 4.39 Å². The van der Waals surface area contributed by atoms with Gasteiger partial charge in [-0.1, -0.05) is 44.0 Å². The number of rotatable bonds is 3. The Morgan fingerprint density at radius 1 is 1.42 bits per heavy atom. The highest BCUT2D eigenvalue weighted by molar-refractivity contribution is 9.10. The highest BCUT2D eigenvalue weighted by Crippen LogP contribution is 2.14. The third kappa shape index (κ3) is 3.23. The van der Waals surface area contributed by atoms with Crippen LogP contribution in [0.3, 0.4) is 0 Å². The van der Waals surface area contributed by atoms with Gasteiger partial charge in [0.05, 0.1) is 0 Å². The zero-order valence-electron chi connectivity index (χ0n) is 6.43. The molecule has 0 saturated carbocycles. The Kier molecular flexibility index (Phi) is 4.22. The zero-order valence-corrected chi connectivity index (χ0v) is 9.61. The van der Waals surface area contributed by atoms with E-state index in [9.17, 15) is 4.39 Å². The molecule has 0 nitrogen and oxygen atoms in total. The second kappa shape index (κ2) is 4.97. The van der Waals surface area contributed by atoms with Crippen LogP contribution in [-0.4, -0.2) is 11.5 Å². The Morgan fingerprint density at radius 3 is 2.75 bits per heavy atom. The normalized spacial score (nSPS) is 12.9. The molecule has 0 aliphatic rings. The number of benzene rings is 1. The lowest BCUT2D eigenvalue weighted by Gasteiger charge is -2.04. The molecule has 0 bridgehead atoms. The van der Waals surface area contributed by atoms with Crippen LogP contribution in [0.5, 0.6) is 0 Å². The number of hydrogen-bond acceptors (Lipinski definition) is 0. The van der Waals surface area contributed by atoms with Gasteiger partial charge in [0, 0.05) is 16.2 Å². The van der Waals surface area contributed by atoms with E-state index in [-0.39, 0.29) is 0 Å². The number of hydrogen-bond donors (Lipinski definition) is 0. The Bertz CT molecular complexity index is 250. The van der Waals surface area contributed by atoms with E-state index in [1.165, 1.54) is 0 Å². The van der Waals surface area contributed by atoms with Gasteiger partial charge in [-0.2, -0.15) is 0 Å². The van der Waals surface area contributed by atoms with Crippen molar-refractivity contribution < 1.29 is 4.39 Å².